The summed E-state index contributed by atoms with van der Waals surface area (Å²) < 4.78 is 11.4. The van der Waals surface area contributed by atoms with Crippen molar-refractivity contribution in [2.75, 3.05) is 13.2 Å². The highest BCUT2D eigenvalue weighted by molar-refractivity contribution is 5.75. The third-order valence-electron chi connectivity index (χ3n) is 4.11. The molecule has 1 aliphatic heterocycles. The molecule has 1 aromatic carbocycles. The summed E-state index contributed by atoms with van der Waals surface area (Å²) in [7, 11) is 0. The number of carbonyl (C=O) groups excluding carboxylic acids is 1. The van der Waals surface area contributed by atoms with Crippen LogP contribution < -0.4 is 20.1 Å². The van der Waals surface area contributed by atoms with Gasteiger partial charge in [0.2, 0.25) is 0 Å². The van der Waals surface area contributed by atoms with Gasteiger partial charge in [0.1, 0.15) is 0 Å². The van der Waals surface area contributed by atoms with E-state index in [0.29, 0.717) is 19.8 Å². The lowest BCUT2D eigenvalue weighted by atomic mass is 10.2. The van der Waals surface area contributed by atoms with E-state index in [1.807, 2.05) is 18.2 Å². The van der Waals surface area contributed by atoms with E-state index in [4.69, 9.17) is 9.47 Å². The number of hydrogen-bond donors (Lipinski definition) is 2. The van der Waals surface area contributed by atoms with Crippen molar-refractivity contribution in [1.82, 2.24) is 10.6 Å². The van der Waals surface area contributed by atoms with Crippen molar-refractivity contribution in [2.24, 2.45) is 5.41 Å². The van der Waals surface area contributed by atoms with E-state index in [1.54, 1.807) is 0 Å². The van der Waals surface area contributed by atoms with Crippen molar-refractivity contribution in [1.29, 1.82) is 0 Å². The molecule has 0 radical (unpaired) electrons. The number of ether oxygens (including phenoxy) is 2. The zero-order valence-electron chi connectivity index (χ0n) is 12.6. The van der Waals surface area contributed by atoms with Gasteiger partial charge in [-0.1, -0.05) is 26.0 Å². The molecule has 5 nitrogen and oxygen atoms in total. The zero-order valence-corrected chi connectivity index (χ0v) is 12.6. The SMILES string of the molecule is CC1(C)C[C@@H]1NC(=O)NCc1cccc2c1OCCCO2. The number of fused-ring (bicyclic) bond motifs is 1. The van der Waals surface area contributed by atoms with Crippen molar-refractivity contribution in [3.63, 3.8) is 0 Å². The Morgan fingerprint density at radius 2 is 2.10 bits per heavy atom. The molecule has 2 amide bonds. The lowest BCUT2D eigenvalue weighted by Gasteiger charge is -2.13. The number of carbonyl (C=O) groups is 1. The lowest BCUT2D eigenvalue weighted by Crippen LogP contribution is -2.37. The second kappa shape index (κ2) is 5.47. The van der Waals surface area contributed by atoms with Crippen LogP contribution >= 0.6 is 0 Å². The average molecular weight is 290 g/mol. The second-order valence-electron chi connectivity index (χ2n) is 6.37. The predicted molar refractivity (Wildman–Crippen MR) is 79.6 cm³/mol. The summed E-state index contributed by atoms with van der Waals surface area (Å²) in [5, 5.41) is 5.88. The van der Waals surface area contributed by atoms with E-state index in [2.05, 4.69) is 24.5 Å². The Labute approximate surface area is 125 Å². The number of urea groups is 1. The topological polar surface area (TPSA) is 59.6 Å². The summed E-state index contributed by atoms with van der Waals surface area (Å²) in [6, 6.07) is 5.93. The Bertz CT molecular complexity index is 542. The molecule has 1 saturated carbocycles. The molecular formula is C16H22N2O3. The van der Waals surface area contributed by atoms with Crippen LogP contribution in [0.15, 0.2) is 18.2 Å². The van der Waals surface area contributed by atoms with E-state index in [-0.39, 0.29) is 17.5 Å². The van der Waals surface area contributed by atoms with Crippen LogP contribution in [-0.2, 0) is 6.54 Å². The first-order chi connectivity index (χ1) is 10.1. The molecule has 2 aliphatic rings. The average Bonchev–Trinajstić information content (AvgIpc) is 3.11. The van der Waals surface area contributed by atoms with Gasteiger partial charge in [-0.2, -0.15) is 0 Å². The Hall–Kier alpha value is -1.91. The van der Waals surface area contributed by atoms with Crippen LogP contribution in [0.5, 0.6) is 11.5 Å². The Kier molecular flexibility index (Phi) is 3.66. The standard InChI is InChI=1S/C16H22N2O3/c1-16(2)9-13(16)18-15(19)17-10-11-5-3-6-12-14(11)21-8-4-7-20-12/h3,5-6,13H,4,7-10H2,1-2H3,(H2,17,18,19)/t13-/m0/s1. The van der Waals surface area contributed by atoms with Gasteiger partial charge in [-0.3, -0.25) is 0 Å². The highest BCUT2D eigenvalue weighted by Gasteiger charge is 2.46. The number of rotatable bonds is 3. The van der Waals surface area contributed by atoms with Gasteiger partial charge in [0.15, 0.2) is 11.5 Å². The summed E-state index contributed by atoms with van der Waals surface area (Å²) in [6.07, 6.45) is 1.91. The molecule has 2 N–H and O–H groups in total. The fraction of sp³-hybridized carbons (Fsp3) is 0.562. The van der Waals surface area contributed by atoms with E-state index in [1.165, 1.54) is 0 Å². The molecule has 3 rings (SSSR count). The molecule has 21 heavy (non-hydrogen) atoms. The van der Waals surface area contributed by atoms with Gasteiger partial charge in [0, 0.05) is 24.6 Å². The smallest absolute Gasteiger partial charge is 0.315 e. The highest BCUT2D eigenvalue weighted by Crippen LogP contribution is 2.44. The molecule has 5 heteroatoms. The Morgan fingerprint density at radius 3 is 2.86 bits per heavy atom. The molecule has 0 unspecified atom stereocenters. The zero-order chi connectivity index (χ0) is 14.9. The maximum Gasteiger partial charge on any atom is 0.315 e. The fourth-order valence-electron chi connectivity index (χ4n) is 2.49. The molecule has 1 aromatic rings. The van der Waals surface area contributed by atoms with Crippen LogP contribution in [0, 0.1) is 5.41 Å². The van der Waals surface area contributed by atoms with E-state index < -0.39 is 0 Å². The lowest BCUT2D eigenvalue weighted by molar-refractivity contribution is 0.238. The number of para-hydroxylation sites is 1. The van der Waals surface area contributed by atoms with Crippen LogP contribution in [0.25, 0.3) is 0 Å². The summed E-state index contributed by atoms with van der Waals surface area (Å²) >= 11 is 0. The molecular weight excluding hydrogens is 268 g/mol. The number of amides is 2. The van der Waals surface area contributed by atoms with Crippen LogP contribution in [-0.4, -0.2) is 25.3 Å². The molecule has 1 atom stereocenters. The van der Waals surface area contributed by atoms with Crippen LogP contribution in [0.3, 0.4) is 0 Å². The van der Waals surface area contributed by atoms with E-state index >= 15 is 0 Å². The van der Waals surface area contributed by atoms with E-state index in [0.717, 1.165) is 29.9 Å². The monoisotopic (exact) mass is 290 g/mol. The second-order valence-corrected chi connectivity index (χ2v) is 6.37. The van der Waals surface area contributed by atoms with Gasteiger partial charge in [-0.05, 0) is 17.9 Å². The summed E-state index contributed by atoms with van der Waals surface area (Å²) in [6.45, 7) is 6.06. The molecule has 1 heterocycles. The van der Waals surface area contributed by atoms with Crippen molar-refractivity contribution in [3.05, 3.63) is 23.8 Å². The minimum Gasteiger partial charge on any atom is -0.490 e. The molecule has 0 aromatic heterocycles. The van der Waals surface area contributed by atoms with Crippen LogP contribution in [0.2, 0.25) is 0 Å². The van der Waals surface area contributed by atoms with Gasteiger partial charge in [0.25, 0.3) is 0 Å². The van der Waals surface area contributed by atoms with Gasteiger partial charge >= 0.3 is 6.03 Å². The summed E-state index contributed by atoms with van der Waals surface area (Å²) in [4.78, 5) is 11.9. The van der Waals surface area contributed by atoms with Crippen molar-refractivity contribution in [3.8, 4) is 11.5 Å². The first-order valence-electron chi connectivity index (χ1n) is 7.48. The largest absolute Gasteiger partial charge is 0.490 e. The molecule has 114 valence electrons. The first-order valence-corrected chi connectivity index (χ1v) is 7.48. The molecule has 0 bridgehead atoms. The molecule has 1 fully saturated rings. The molecule has 0 saturated heterocycles. The molecule has 1 aliphatic carbocycles. The number of hydrogen-bond acceptors (Lipinski definition) is 3. The van der Waals surface area contributed by atoms with Gasteiger partial charge in [0.05, 0.1) is 13.2 Å². The van der Waals surface area contributed by atoms with Crippen molar-refractivity contribution < 1.29 is 14.3 Å². The summed E-state index contributed by atoms with van der Waals surface area (Å²) in [5.41, 5.74) is 1.18. The fourth-order valence-corrected chi connectivity index (χ4v) is 2.49. The van der Waals surface area contributed by atoms with Gasteiger partial charge < -0.3 is 20.1 Å². The quantitative estimate of drug-likeness (QED) is 0.899. The first kappa shape index (κ1) is 14.0. The summed E-state index contributed by atoms with van der Waals surface area (Å²) in [5.74, 6) is 1.51. The van der Waals surface area contributed by atoms with Crippen LogP contribution in [0.1, 0.15) is 32.3 Å². The third-order valence-corrected chi connectivity index (χ3v) is 4.11. The normalized spacial score (nSPS) is 22.1. The van der Waals surface area contributed by atoms with Crippen molar-refractivity contribution >= 4 is 6.03 Å². The maximum absolute atomic E-state index is 11.9. The van der Waals surface area contributed by atoms with Gasteiger partial charge in [-0.25, -0.2) is 4.79 Å². The van der Waals surface area contributed by atoms with Crippen LogP contribution in [0.4, 0.5) is 4.79 Å². The minimum atomic E-state index is -0.127. The molecule has 0 spiro atoms. The predicted octanol–water partition coefficient (Wildman–Crippen LogP) is 2.45. The highest BCUT2D eigenvalue weighted by atomic mass is 16.5. The van der Waals surface area contributed by atoms with Gasteiger partial charge in [-0.15, -0.1) is 0 Å². The Morgan fingerprint density at radius 1 is 1.33 bits per heavy atom. The third kappa shape index (κ3) is 3.23. The number of nitrogens with one attached hydrogen (secondary N) is 2. The van der Waals surface area contributed by atoms with E-state index in [9.17, 15) is 4.79 Å². The Balaban J connectivity index is 1.59. The minimum absolute atomic E-state index is 0.127. The maximum atomic E-state index is 11.9. The van der Waals surface area contributed by atoms with Crippen molar-refractivity contribution in [2.45, 2.75) is 39.3 Å². The number of benzene rings is 1.